The Bertz CT molecular complexity index is 704. The van der Waals surface area contributed by atoms with Crippen molar-refractivity contribution in [2.45, 2.75) is 179 Å². The van der Waals surface area contributed by atoms with Crippen molar-refractivity contribution in [2.24, 2.45) is 0 Å². The van der Waals surface area contributed by atoms with E-state index in [9.17, 15) is 20.1 Å². The van der Waals surface area contributed by atoms with Crippen LogP contribution >= 0.6 is 0 Å². The highest BCUT2D eigenvalue weighted by atomic mass is 16.5. The van der Waals surface area contributed by atoms with Crippen molar-refractivity contribution in [3.8, 4) is 0 Å². The molecule has 2 aliphatic heterocycles. The Morgan fingerprint density at radius 2 is 1.59 bits per heavy atom. The van der Waals surface area contributed by atoms with E-state index in [1.54, 1.807) is 6.08 Å². The zero-order valence-electron chi connectivity index (χ0n) is 24.9. The van der Waals surface area contributed by atoms with Gasteiger partial charge in [0.05, 0.1) is 30.5 Å². The van der Waals surface area contributed by atoms with Crippen molar-refractivity contribution >= 4 is 5.97 Å². The maximum atomic E-state index is 11.7. The van der Waals surface area contributed by atoms with Crippen LogP contribution < -0.4 is 0 Å². The number of aliphatic hydroxyl groups is 3. The van der Waals surface area contributed by atoms with Crippen LogP contribution in [0.3, 0.4) is 0 Å². The van der Waals surface area contributed by atoms with Gasteiger partial charge >= 0.3 is 5.97 Å². The third-order valence-corrected chi connectivity index (χ3v) is 8.15. The minimum atomic E-state index is -0.638. The molecule has 6 atom stereocenters. The van der Waals surface area contributed by atoms with E-state index in [0.717, 1.165) is 44.9 Å². The van der Waals surface area contributed by atoms with Gasteiger partial charge in [0.2, 0.25) is 0 Å². The van der Waals surface area contributed by atoms with Crippen LogP contribution in [0.5, 0.6) is 0 Å². The molecule has 0 aromatic heterocycles. The van der Waals surface area contributed by atoms with E-state index >= 15 is 0 Å². The molecule has 6 nitrogen and oxygen atoms in total. The Morgan fingerprint density at radius 3 is 2.26 bits per heavy atom. The van der Waals surface area contributed by atoms with Gasteiger partial charge in [-0.3, -0.25) is 0 Å². The van der Waals surface area contributed by atoms with Gasteiger partial charge in [-0.25, -0.2) is 4.79 Å². The quantitative estimate of drug-likeness (QED) is 0.0714. The van der Waals surface area contributed by atoms with Crippen LogP contribution in [0.2, 0.25) is 0 Å². The predicted molar refractivity (Wildman–Crippen MR) is 157 cm³/mol. The van der Waals surface area contributed by atoms with Gasteiger partial charge in [0, 0.05) is 18.4 Å². The lowest BCUT2D eigenvalue weighted by Gasteiger charge is -2.20. The molecular weight excluding hydrogens is 492 g/mol. The molecule has 2 rings (SSSR count). The van der Waals surface area contributed by atoms with Gasteiger partial charge in [-0.1, -0.05) is 96.1 Å². The third kappa shape index (κ3) is 15.4. The molecule has 226 valence electrons. The van der Waals surface area contributed by atoms with Crippen molar-refractivity contribution in [3.05, 3.63) is 23.8 Å². The van der Waals surface area contributed by atoms with Gasteiger partial charge < -0.3 is 24.8 Å². The lowest BCUT2D eigenvalue weighted by atomic mass is 10.0. The number of carbonyl (C=O) groups excluding carboxylic acids is 1. The van der Waals surface area contributed by atoms with Crippen LogP contribution in [0.25, 0.3) is 0 Å². The smallest absolute Gasteiger partial charge is 0.334 e. The second-order valence-corrected chi connectivity index (χ2v) is 11.9. The van der Waals surface area contributed by atoms with Gasteiger partial charge in [0.15, 0.2) is 0 Å². The average molecular weight is 551 g/mol. The van der Waals surface area contributed by atoms with Crippen LogP contribution in [-0.2, 0) is 14.3 Å². The number of rotatable bonds is 23. The number of allylic oxidation sites excluding steroid dienone is 1. The van der Waals surface area contributed by atoms with Gasteiger partial charge in [-0.05, 0) is 51.5 Å². The summed E-state index contributed by atoms with van der Waals surface area (Å²) in [6.07, 6.45) is 25.0. The summed E-state index contributed by atoms with van der Waals surface area (Å²) >= 11 is 0. The molecule has 2 heterocycles. The Kier molecular flexibility index (Phi) is 18.0. The highest BCUT2D eigenvalue weighted by Crippen LogP contribution is 2.28. The molecule has 0 aliphatic carbocycles. The number of hydrogen-bond acceptors (Lipinski definition) is 6. The third-order valence-electron chi connectivity index (χ3n) is 8.15. The summed E-state index contributed by atoms with van der Waals surface area (Å²) in [5, 5.41) is 31.1. The first-order valence-corrected chi connectivity index (χ1v) is 16.2. The molecule has 0 radical (unpaired) electrons. The molecule has 0 aromatic rings. The molecule has 39 heavy (non-hydrogen) atoms. The normalized spacial score (nSPS) is 23.8. The number of aliphatic hydroxyl groups excluding tert-OH is 3. The first-order chi connectivity index (χ1) is 18.9. The van der Waals surface area contributed by atoms with Gasteiger partial charge in [-0.15, -0.1) is 0 Å². The summed E-state index contributed by atoms with van der Waals surface area (Å²) in [6.45, 7) is 4.08. The highest BCUT2D eigenvalue weighted by Gasteiger charge is 2.31. The summed E-state index contributed by atoms with van der Waals surface area (Å²) in [6, 6.07) is 0. The van der Waals surface area contributed by atoms with E-state index in [-0.39, 0.29) is 24.3 Å². The fourth-order valence-corrected chi connectivity index (χ4v) is 5.78. The topological polar surface area (TPSA) is 96.2 Å². The molecule has 0 aromatic carbocycles. The predicted octanol–water partition coefficient (Wildman–Crippen LogP) is 7.09. The fraction of sp³-hybridized carbons (Fsp3) is 0.848. The standard InChI is InChI=1S/C33H58O6/c1-3-4-5-6-7-8-9-10-11-12-13-15-19-29(35)25-31(36)32-22-21-30(39-32)20-17-14-16-18-28(34)24-27-23-26(2)38-33(27)37/h15,19,23,26,28-32,34-36H,3-14,16-18,20-22,24-25H2,1-2H3. The summed E-state index contributed by atoms with van der Waals surface area (Å²) in [7, 11) is 0. The Hall–Kier alpha value is -1.21. The summed E-state index contributed by atoms with van der Waals surface area (Å²) in [4.78, 5) is 11.7. The van der Waals surface area contributed by atoms with Crippen molar-refractivity contribution in [1.82, 2.24) is 0 Å². The molecule has 2 aliphatic rings. The summed E-state index contributed by atoms with van der Waals surface area (Å²) < 4.78 is 11.2. The number of cyclic esters (lactones) is 1. The van der Waals surface area contributed by atoms with E-state index in [4.69, 9.17) is 9.47 Å². The first-order valence-electron chi connectivity index (χ1n) is 16.2. The van der Waals surface area contributed by atoms with Crippen LogP contribution in [0.4, 0.5) is 0 Å². The Morgan fingerprint density at radius 1 is 0.923 bits per heavy atom. The Labute approximate surface area is 238 Å². The first kappa shape index (κ1) is 34.0. The second kappa shape index (κ2) is 20.6. The number of hydrogen-bond donors (Lipinski definition) is 3. The maximum Gasteiger partial charge on any atom is 0.334 e. The van der Waals surface area contributed by atoms with Crippen LogP contribution in [0.1, 0.15) is 142 Å². The Balaban J connectivity index is 1.44. The molecule has 0 saturated carbocycles. The van der Waals surface area contributed by atoms with Crippen molar-refractivity contribution in [3.63, 3.8) is 0 Å². The lowest BCUT2D eigenvalue weighted by Crippen LogP contribution is -2.29. The molecule has 6 unspecified atom stereocenters. The van der Waals surface area contributed by atoms with Crippen LogP contribution in [0.15, 0.2) is 23.8 Å². The zero-order chi connectivity index (χ0) is 28.3. The van der Waals surface area contributed by atoms with Crippen molar-refractivity contribution in [2.75, 3.05) is 0 Å². The molecule has 6 heteroatoms. The van der Waals surface area contributed by atoms with E-state index in [0.29, 0.717) is 24.8 Å². The molecular formula is C33H58O6. The summed E-state index contributed by atoms with van der Waals surface area (Å²) in [5.41, 5.74) is 0.591. The van der Waals surface area contributed by atoms with Gasteiger partial charge in [0.25, 0.3) is 0 Å². The lowest BCUT2D eigenvalue weighted by molar-refractivity contribution is -0.139. The monoisotopic (exact) mass is 550 g/mol. The number of ether oxygens (including phenoxy) is 2. The maximum absolute atomic E-state index is 11.7. The number of carbonyl (C=O) groups is 1. The summed E-state index contributed by atoms with van der Waals surface area (Å²) in [5.74, 6) is -0.301. The molecule has 1 fully saturated rings. The minimum Gasteiger partial charge on any atom is -0.455 e. The minimum absolute atomic E-state index is 0.165. The molecule has 0 spiro atoms. The van der Waals surface area contributed by atoms with E-state index < -0.39 is 18.3 Å². The van der Waals surface area contributed by atoms with Gasteiger partial charge in [-0.2, -0.15) is 0 Å². The molecule has 0 bridgehead atoms. The van der Waals surface area contributed by atoms with Crippen LogP contribution in [0, 0.1) is 0 Å². The number of unbranched alkanes of at least 4 members (excludes halogenated alkanes) is 12. The van der Waals surface area contributed by atoms with Crippen molar-refractivity contribution in [1.29, 1.82) is 0 Å². The fourth-order valence-electron chi connectivity index (χ4n) is 5.78. The molecule has 1 saturated heterocycles. The second-order valence-electron chi connectivity index (χ2n) is 11.9. The van der Waals surface area contributed by atoms with Gasteiger partial charge in [0.1, 0.15) is 6.10 Å². The van der Waals surface area contributed by atoms with E-state index in [2.05, 4.69) is 13.0 Å². The van der Waals surface area contributed by atoms with E-state index in [1.807, 2.05) is 13.0 Å². The average Bonchev–Trinajstić information content (AvgIpc) is 3.50. The van der Waals surface area contributed by atoms with Crippen molar-refractivity contribution < 1.29 is 29.6 Å². The highest BCUT2D eigenvalue weighted by molar-refractivity contribution is 5.90. The molecule has 0 amide bonds. The zero-order valence-corrected chi connectivity index (χ0v) is 24.9. The van der Waals surface area contributed by atoms with E-state index in [1.165, 1.54) is 64.2 Å². The SMILES string of the molecule is CCCCCCCCCCCCC=CC(O)CC(O)C1CCC(CCCCCC(O)CC2=CC(C)OC2=O)O1. The van der Waals surface area contributed by atoms with Crippen LogP contribution in [-0.4, -0.2) is 57.9 Å². The largest absolute Gasteiger partial charge is 0.455 e. The molecule has 3 N–H and O–H groups in total. The number of esters is 1.